The van der Waals surface area contributed by atoms with E-state index in [-0.39, 0.29) is 5.84 Å². The zero-order chi connectivity index (χ0) is 12.7. The molecule has 0 spiro atoms. The third-order valence-corrected chi connectivity index (χ3v) is 2.47. The van der Waals surface area contributed by atoms with Gasteiger partial charge in [-0.05, 0) is 17.9 Å². The van der Waals surface area contributed by atoms with Crippen LogP contribution in [0.25, 0.3) is 0 Å². The number of benzene rings is 1. The van der Waals surface area contributed by atoms with Crippen LogP contribution in [0.4, 0.5) is 0 Å². The van der Waals surface area contributed by atoms with Crippen molar-refractivity contribution in [3.8, 4) is 0 Å². The van der Waals surface area contributed by atoms with Crippen molar-refractivity contribution in [3.05, 3.63) is 35.4 Å². The van der Waals surface area contributed by atoms with Crippen LogP contribution in [-0.2, 0) is 11.3 Å². The molecule has 0 atom stereocenters. The van der Waals surface area contributed by atoms with E-state index in [1.54, 1.807) is 0 Å². The first kappa shape index (κ1) is 13.5. The predicted octanol–water partition coefficient (Wildman–Crippen LogP) is 2.34. The second-order valence-corrected chi connectivity index (χ2v) is 4.42. The maximum atomic E-state index is 8.52. The van der Waals surface area contributed by atoms with E-state index < -0.39 is 0 Å². The van der Waals surface area contributed by atoms with Crippen molar-refractivity contribution < 1.29 is 9.94 Å². The highest BCUT2D eigenvalue weighted by Gasteiger charge is 1.99. The fraction of sp³-hybridized carbons (Fsp3) is 0.462. The molecule has 1 rings (SSSR count). The van der Waals surface area contributed by atoms with E-state index >= 15 is 0 Å². The first-order valence-corrected chi connectivity index (χ1v) is 5.78. The van der Waals surface area contributed by atoms with Crippen LogP contribution in [0, 0.1) is 5.92 Å². The van der Waals surface area contributed by atoms with Gasteiger partial charge in [0.15, 0.2) is 5.84 Å². The molecule has 1 aromatic rings. The quantitative estimate of drug-likeness (QED) is 0.262. The molecule has 0 fully saturated rings. The van der Waals surface area contributed by atoms with Crippen molar-refractivity contribution >= 4 is 5.84 Å². The van der Waals surface area contributed by atoms with Crippen LogP contribution in [-0.4, -0.2) is 17.6 Å². The number of amidine groups is 1. The van der Waals surface area contributed by atoms with Crippen LogP contribution in [0.1, 0.15) is 31.4 Å². The zero-order valence-corrected chi connectivity index (χ0v) is 10.4. The molecular formula is C13H20N2O2. The number of nitrogens with zero attached hydrogens (tertiary/aromatic N) is 1. The number of hydrogen-bond acceptors (Lipinski definition) is 3. The second-order valence-electron chi connectivity index (χ2n) is 4.42. The first-order chi connectivity index (χ1) is 8.13. The Morgan fingerprint density at radius 2 is 2.00 bits per heavy atom. The minimum atomic E-state index is 0.122. The summed E-state index contributed by atoms with van der Waals surface area (Å²) in [6.45, 7) is 5.73. The molecule has 0 saturated carbocycles. The van der Waals surface area contributed by atoms with E-state index in [2.05, 4.69) is 19.0 Å². The average Bonchev–Trinajstić information content (AvgIpc) is 2.34. The summed E-state index contributed by atoms with van der Waals surface area (Å²) in [6.07, 6.45) is 1.07. The van der Waals surface area contributed by atoms with Gasteiger partial charge in [0.2, 0.25) is 0 Å². The highest BCUT2D eigenvalue weighted by molar-refractivity contribution is 5.96. The first-order valence-electron chi connectivity index (χ1n) is 5.78. The van der Waals surface area contributed by atoms with Gasteiger partial charge in [-0.25, -0.2) is 0 Å². The maximum absolute atomic E-state index is 8.52. The number of rotatable bonds is 6. The molecule has 3 N–H and O–H groups in total. The third-order valence-electron chi connectivity index (χ3n) is 2.47. The van der Waals surface area contributed by atoms with Crippen molar-refractivity contribution in [3.63, 3.8) is 0 Å². The van der Waals surface area contributed by atoms with E-state index in [1.807, 2.05) is 24.3 Å². The molecule has 4 nitrogen and oxygen atoms in total. The largest absolute Gasteiger partial charge is 0.409 e. The molecule has 0 bridgehead atoms. The SMILES string of the molecule is CC(C)CCOCc1ccc(/C(N)=N/O)cc1. The van der Waals surface area contributed by atoms with Crippen LogP contribution in [0.15, 0.2) is 29.4 Å². The summed E-state index contributed by atoms with van der Waals surface area (Å²) in [5.41, 5.74) is 7.26. The Bertz CT molecular complexity index is 358. The minimum Gasteiger partial charge on any atom is -0.409 e. The van der Waals surface area contributed by atoms with E-state index in [0.717, 1.165) is 18.6 Å². The Kier molecular flexibility index (Phi) is 5.49. The van der Waals surface area contributed by atoms with Crippen molar-refractivity contribution in [2.24, 2.45) is 16.8 Å². The van der Waals surface area contributed by atoms with Crippen molar-refractivity contribution in [1.29, 1.82) is 0 Å². The Labute approximate surface area is 102 Å². The minimum absolute atomic E-state index is 0.122. The zero-order valence-electron chi connectivity index (χ0n) is 10.4. The molecule has 0 unspecified atom stereocenters. The Balaban J connectivity index is 2.41. The molecule has 0 radical (unpaired) electrons. The molecule has 4 heteroatoms. The highest BCUT2D eigenvalue weighted by atomic mass is 16.5. The van der Waals surface area contributed by atoms with Gasteiger partial charge in [0.05, 0.1) is 6.61 Å². The van der Waals surface area contributed by atoms with E-state index in [9.17, 15) is 0 Å². The molecule has 0 aliphatic carbocycles. The summed E-state index contributed by atoms with van der Waals surface area (Å²) in [6, 6.07) is 7.47. The maximum Gasteiger partial charge on any atom is 0.170 e. The van der Waals surface area contributed by atoms with Crippen molar-refractivity contribution in [2.45, 2.75) is 26.9 Å². The monoisotopic (exact) mass is 236 g/mol. The van der Waals surface area contributed by atoms with Gasteiger partial charge >= 0.3 is 0 Å². The molecule has 0 saturated heterocycles. The van der Waals surface area contributed by atoms with Gasteiger partial charge in [-0.15, -0.1) is 0 Å². The van der Waals surface area contributed by atoms with Crippen LogP contribution >= 0.6 is 0 Å². The lowest BCUT2D eigenvalue weighted by atomic mass is 10.1. The van der Waals surface area contributed by atoms with E-state index in [0.29, 0.717) is 18.1 Å². The smallest absolute Gasteiger partial charge is 0.170 e. The van der Waals surface area contributed by atoms with Crippen LogP contribution < -0.4 is 5.73 Å². The lowest BCUT2D eigenvalue weighted by Crippen LogP contribution is -2.12. The number of hydrogen-bond donors (Lipinski definition) is 2. The van der Waals surface area contributed by atoms with Gasteiger partial charge in [-0.3, -0.25) is 0 Å². The number of ether oxygens (including phenoxy) is 1. The van der Waals surface area contributed by atoms with Crippen LogP contribution in [0.5, 0.6) is 0 Å². The Hall–Kier alpha value is -1.55. The lowest BCUT2D eigenvalue weighted by molar-refractivity contribution is 0.110. The third kappa shape index (κ3) is 4.87. The topological polar surface area (TPSA) is 67.8 Å². The van der Waals surface area contributed by atoms with Crippen molar-refractivity contribution in [2.75, 3.05) is 6.61 Å². The van der Waals surface area contributed by atoms with Crippen LogP contribution in [0.2, 0.25) is 0 Å². The molecular weight excluding hydrogens is 216 g/mol. The molecule has 1 aromatic carbocycles. The van der Waals surface area contributed by atoms with Gasteiger partial charge in [0.25, 0.3) is 0 Å². The summed E-state index contributed by atoms with van der Waals surface area (Å²) in [4.78, 5) is 0. The van der Waals surface area contributed by atoms with Gasteiger partial charge in [-0.1, -0.05) is 43.3 Å². The fourth-order valence-electron chi connectivity index (χ4n) is 1.34. The summed E-state index contributed by atoms with van der Waals surface area (Å²) < 4.78 is 5.55. The van der Waals surface area contributed by atoms with Gasteiger partial charge < -0.3 is 15.7 Å². The number of nitrogens with two attached hydrogens (primary N) is 1. The molecule has 0 aliphatic heterocycles. The van der Waals surface area contributed by atoms with Crippen molar-refractivity contribution in [1.82, 2.24) is 0 Å². The van der Waals surface area contributed by atoms with E-state index in [4.69, 9.17) is 15.7 Å². The molecule has 17 heavy (non-hydrogen) atoms. The Morgan fingerprint density at radius 1 is 1.35 bits per heavy atom. The summed E-state index contributed by atoms with van der Waals surface area (Å²) in [5.74, 6) is 0.787. The Morgan fingerprint density at radius 3 is 2.53 bits per heavy atom. The summed E-state index contributed by atoms with van der Waals surface area (Å²) in [5, 5.41) is 11.5. The molecule has 0 aliphatic rings. The second kappa shape index (κ2) is 6.91. The molecule has 0 aromatic heterocycles. The predicted molar refractivity (Wildman–Crippen MR) is 68.1 cm³/mol. The standard InChI is InChI=1S/C13H20N2O2/c1-10(2)7-8-17-9-11-3-5-12(6-4-11)13(14)15-16/h3-6,10,16H,7-9H2,1-2H3,(H2,14,15). The van der Waals surface area contributed by atoms with Gasteiger partial charge in [0.1, 0.15) is 0 Å². The van der Waals surface area contributed by atoms with Crippen LogP contribution in [0.3, 0.4) is 0 Å². The number of oxime groups is 1. The normalized spacial score (nSPS) is 12.1. The van der Waals surface area contributed by atoms with Gasteiger partial charge in [0, 0.05) is 12.2 Å². The molecule has 94 valence electrons. The molecule has 0 heterocycles. The lowest BCUT2D eigenvalue weighted by Gasteiger charge is -2.07. The summed E-state index contributed by atoms with van der Waals surface area (Å²) in [7, 11) is 0. The van der Waals surface area contributed by atoms with Gasteiger partial charge in [-0.2, -0.15) is 0 Å². The highest BCUT2D eigenvalue weighted by Crippen LogP contribution is 2.07. The average molecular weight is 236 g/mol. The van der Waals surface area contributed by atoms with E-state index in [1.165, 1.54) is 0 Å². The summed E-state index contributed by atoms with van der Waals surface area (Å²) >= 11 is 0. The fourth-order valence-corrected chi connectivity index (χ4v) is 1.34. The molecule has 0 amide bonds.